The number of aryl methyl sites for hydroxylation is 3. The molecule has 1 unspecified atom stereocenters. The number of carbonyl (C=O) groups excluding carboxylic acids is 1. The maximum Gasteiger partial charge on any atom is 0.175 e. The smallest absolute Gasteiger partial charge is 0.175 e. The molecule has 2 aliphatic heterocycles. The molecule has 29 heavy (non-hydrogen) atoms. The van der Waals surface area contributed by atoms with Crippen molar-refractivity contribution in [2.75, 3.05) is 17.7 Å². The van der Waals surface area contributed by atoms with Crippen molar-refractivity contribution in [3.8, 4) is 0 Å². The molecule has 0 radical (unpaired) electrons. The van der Waals surface area contributed by atoms with Gasteiger partial charge in [0, 0.05) is 28.9 Å². The van der Waals surface area contributed by atoms with Crippen molar-refractivity contribution >= 4 is 46.5 Å². The second kappa shape index (κ2) is 7.64. The molecule has 1 atom stereocenters. The molecule has 1 aromatic heterocycles. The van der Waals surface area contributed by atoms with Crippen LogP contribution in [0.25, 0.3) is 10.9 Å². The van der Waals surface area contributed by atoms with Gasteiger partial charge in [0.05, 0.1) is 17.1 Å². The molecule has 3 heterocycles. The van der Waals surface area contributed by atoms with Crippen molar-refractivity contribution < 1.29 is 4.79 Å². The summed E-state index contributed by atoms with van der Waals surface area (Å²) in [5.41, 5.74) is 6.98. The Labute approximate surface area is 177 Å². The van der Waals surface area contributed by atoms with Crippen molar-refractivity contribution in [2.24, 2.45) is 10.9 Å². The maximum absolute atomic E-state index is 13.1. The first-order valence-electron chi connectivity index (χ1n) is 9.85. The van der Waals surface area contributed by atoms with E-state index in [2.05, 4.69) is 53.7 Å². The minimum Gasteiger partial charge on any atom is -0.329 e. The quantitative estimate of drug-likeness (QED) is 0.549. The third-order valence-electron chi connectivity index (χ3n) is 5.78. The first-order chi connectivity index (χ1) is 14.0. The molecule has 2 aliphatic rings. The molecule has 1 saturated heterocycles. The fourth-order valence-corrected chi connectivity index (χ4v) is 4.12. The predicted molar refractivity (Wildman–Crippen MR) is 124 cm³/mol. The molecular formula is C24H25N3OS. The van der Waals surface area contributed by atoms with Crippen LogP contribution in [0, 0.1) is 26.7 Å². The van der Waals surface area contributed by atoms with Crippen LogP contribution in [0.3, 0.4) is 0 Å². The Bertz CT molecular complexity index is 1150. The third-order valence-corrected chi connectivity index (χ3v) is 5.78. The van der Waals surface area contributed by atoms with Crippen LogP contribution < -0.4 is 4.90 Å². The van der Waals surface area contributed by atoms with Crippen molar-refractivity contribution in [1.29, 1.82) is 0 Å². The Balaban J connectivity index is 0.000000994. The van der Waals surface area contributed by atoms with Gasteiger partial charge in [-0.15, -0.1) is 0 Å². The molecule has 2 aromatic carbocycles. The maximum atomic E-state index is 13.1. The molecule has 0 saturated carbocycles. The van der Waals surface area contributed by atoms with Crippen molar-refractivity contribution in [1.82, 2.24) is 4.98 Å². The number of hydrogen-bond acceptors (Lipinski definition) is 5. The van der Waals surface area contributed by atoms with Crippen LogP contribution in [0.15, 0.2) is 47.5 Å². The molecular weight excluding hydrogens is 378 g/mol. The Kier molecular flexibility index (Phi) is 5.17. The second-order valence-corrected chi connectivity index (χ2v) is 7.61. The normalized spacial score (nSPS) is 17.4. The van der Waals surface area contributed by atoms with Crippen LogP contribution in [-0.4, -0.2) is 29.4 Å². The lowest BCUT2D eigenvalue weighted by Crippen LogP contribution is -2.32. The summed E-state index contributed by atoms with van der Waals surface area (Å²) in [6, 6.07) is 14.5. The summed E-state index contributed by atoms with van der Waals surface area (Å²) in [6.45, 7) is 6.93. The molecule has 0 N–H and O–H groups in total. The fraction of sp³-hybridized carbons (Fsp3) is 0.292. The van der Waals surface area contributed by atoms with Crippen LogP contribution in [-0.2, 0) is 0 Å². The Hall–Kier alpha value is -2.66. The van der Waals surface area contributed by atoms with E-state index in [0.717, 1.165) is 57.9 Å². The number of rotatable bonds is 1. The lowest BCUT2D eigenvalue weighted by atomic mass is 9.90. The summed E-state index contributed by atoms with van der Waals surface area (Å²) in [7, 11) is 0. The number of carbonyl (C=O) groups is 1. The SMILES string of the molecule is CS.Cc1ccc2cc(N3CCC4C(=O)c5cc(C)c(C)cc5N=C43)ccc2n1. The van der Waals surface area contributed by atoms with Crippen LogP contribution >= 0.6 is 12.6 Å². The Morgan fingerprint density at radius 2 is 1.76 bits per heavy atom. The lowest BCUT2D eigenvalue weighted by molar-refractivity contribution is 0.0954. The van der Waals surface area contributed by atoms with Crippen molar-refractivity contribution in [3.63, 3.8) is 0 Å². The molecule has 1 fully saturated rings. The van der Waals surface area contributed by atoms with E-state index < -0.39 is 0 Å². The van der Waals surface area contributed by atoms with Gasteiger partial charge < -0.3 is 4.90 Å². The number of thiol groups is 1. The number of aliphatic imine (C=N–C) groups is 1. The summed E-state index contributed by atoms with van der Waals surface area (Å²) in [5, 5.41) is 1.11. The molecule has 0 amide bonds. The molecule has 4 nitrogen and oxygen atoms in total. The molecule has 5 heteroatoms. The molecule has 3 aromatic rings. The number of anilines is 1. The van der Waals surface area contributed by atoms with Crippen LogP contribution in [0.1, 0.15) is 33.6 Å². The summed E-state index contributed by atoms with van der Waals surface area (Å²) in [6.07, 6.45) is 2.51. The summed E-state index contributed by atoms with van der Waals surface area (Å²) < 4.78 is 0. The van der Waals surface area contributed by atoms with Gasteiger partial charge in [-0.3, -0.25) is 9.78 Å². The van der Waals surface area contributed by atoms with Crippen LogP contribution in [0.4, 0.5) is 11.4 Å². The van der Waals surface area contributed by atoms with Gasteiger partial charge in [0.15, 0.2) is 5.78 Å². The van der Waals surface area contributed by atoms with E-state index in [1.54, 1.807) is 6.26 Å². The first-order valence-corrected chi connectivity index (χ1v) is 10.7. The van der Waals surface area contributed by atoms with Crippen molar-refractivity contribution in [3.05, 3.63) is 64.8 Å². The molecule has 0 aliphatic carbocycles. The van der Waals surface area contributed by atoms with E-state index in [1.165, 1.54) is 5.56 Å². The number of benzene rings is 2. The number of pyridine rings is 1. The van der Waals surface area contributed by atoms with E-state index in [1.807, 2.05) is 32.0 Å². The molecule has 0 bridgehead atoms. The minimum absolute atomic E-state index is 0.133. The van der Waals surface area contributed by atoms with Gasteiger partial charge in [-0.1, -0.05) is 6.07 Å². The van der Waals surface area contributed by atoms with Gasteiger partial charge in [0.25, 0.3) is 0 Å². The molecule has 0 spiro atoms. The highest BCUT2D eigenvalue weighted by molar-refractivity contribution is 7.79. The largest absolute Gasteiger partial charge is 0.329 e. The van der Waals surface area contributed by atoms with E-state index in [-0.39, 0.29) is 11.7 Å². The molecule has 5 rings (SSSR count). The van der Waals surface area contributed by atoms with E-state index in [0.29, 0.717) is 0 Å². The Morgan fingerprint density at radius 1 is 1.00 bits per heavy atom. The number of amidine groups is 1. The zero-order valence-electron chi connectivity index (χ0n) is 17.2. The average Bonchev–Trinajstić information content (AvgIpc) is 3.15. The fourth-order valence-electron chi connectivity index (χ4n) is 4.12. The number of fused-ring (bicyclic) bond motifs is 3. The van der Waals surface area contributed by atoms with Gasteiger partial charge in [-0.25, -0.2) is 4.99 Å². The topological polar surface area (TPSA) is 45.6 Å². The van der Waals surface area contributed by atoms with E-state index >= 15 is 0 Å². The average molecular weight is 404 g/mol. The van der Waals surface area contributed by atoms with E-state index in [4.69, 9.17) is 4.99 Å². The highest BCUT2D eigenvalue weighted by atomic mass is 32.1. The summed E-state index contributed by atoms with van der Waals surface area (Å²) >= 11 is 3.53. The van der Waals surface area contributed by atoms with Crippen molar-refractivity contribution in [2.45, 2.75) is 27.2 Å². The standard InChI is InChI=1S/C23H21N3O.CH4S/c1-13-10-19-21(11-14(13)2)25-23-18(22(19)27)8-9-26(23)17-6-7-20-16(12-17)5-4-15(3)24-20;1-2/h4-7,10-12,18H,8-9H2,1-3H3;2H,1H3. The summed E-state index contributed by atoms with van der Waals surface area (Å²) in [5.74, 6) is 0.959. The van der Waals surface area contributed by atoms with Gasteiger partial charge in [0.2, 0.25) is 0 Å². The highest BCUT2D eigenvalue weighted by Gasteiger charge is 2.39. The zero-order chi connectivity index (χ0) is 20.7. The molecule has 148 valence electrons. The number of Topliss-reactive ketones (excluding diaryl/α,β-unsaturated/α-hetero) is 1. The van der Waals surface area contributed by atoms with E-state index in [9.17, 15) is 4.79 Å². The summed E-state index contributed by atoms with van der Waals surface area (Å²) in [4.78, 5) is 24.8. The zero-order valence-corrected chi connectivity index (χ0v) is 18.1. The second-order valence-electron chi connectivity index (χ2n) is 7.61. The first kappa shape index (κ1) is 19.6. The highest BCUT2D eigenvalue weighted by Crippen LogP contribution is 2.38. The predicted octanol–water partition coefficient (Wildman–Crippen LogP) is 5.46. The third kappa shape index (κ3) is 3.33. The number of nitrogens with zero attached hydrogens (tertiary/aromatic N) is 3. The monoisotopic (exact) mass is 403 g/mol. The van der Waals surface area contributed by atoms with Crippen LogP contribution in [0.5, 0.6) is 0 Å². The van der Waals surface area contributed by atoms with Gasteiger partial charge in [0.1, 0.15) is 5.84 Å². The van der Waals surface area contributed by atoms with Gasteiger partial charge >= 0.3 is 0 Å². The number of hydrogen-bond donors (Lipinski definition) is 1. The number of ketones is 1. The van der Waals surface area contributed by atoms with Gasteiger partial charge in [-0.05, 0) is 81.0 Å². The van der Waals surface area contributed by atoms with Crippen LogP contribution in [0.2, 0.25) is 0 Å². The minimum atomic E-state index is -0.133. The lowest BCUT2D eigenvalue weighted by Gasteiger charge is -2.25. The Morgan fingerprint density at radius 3 is 2.55 bits per heavy atom. The number of aromatic nitrogens is 1. The van der Waals surface area contributed by atoms with Gasteiger partial charge in [-0.2, -0.15) is 12.6 Å².